The lowest BCUT2D eigenvalue weighted by Gasteiger charge is -2.26. The number of rotatable bonds is 5. The number of ether oxygens (including phenoxy) is 3. The molecule has 24 heavy (non-hydrogen) atoms. The second kappa shape index (κ2) is 7.55. The fourth-order valence-corrected chi connectivity index (χ4v) is 2.41. The lowest BCUT2D eigenvalue weighted by molar-refractivity contribution is -0.116. The first-order chi connectivity index (χ1) is 11.8. The van der Waals surface area contributed by atoms with Gasteiger partial charge in [0.2, 0.25) is 5.91 Å². The minimum Gasteiger partial charge on any atom is -0.496 e. The van der Waals surface area contributed by atoms with Gasteiger partial charge in [-0.05, 0) is 24.3 Å². The van der Waals surface area contributed by atoms with Gasteiger partial charge in [0, 0.05) is 11.6 Å². The van der Waals surface area contributed by atoms with Crippen LogP contribution in [0.2, 0.25) is 0 Å². The first kappa shape index (κ1) is 15.9. The molecule has 1 unspecified atom stereocenters. The van der Waals surface area contributed by atoms with Crippen molar-refractivity contribution in [1.29, 1.82) is 0 Å². The number of carbonyl (C=O) groups excluding carboxylic acids is 1. The number of para-hydroxylation sites is 3. The Kier molecular flexibility index (Phi) is 5.01. The Bertz CT molecular complexity index is 742. The Morgan fingerprint density at radius 3 is 2.79 bits per heavy atom. The van der Waals surface area contributed by atoms with Crippen molar-refractivity contribution in [2.75, 3.05) is 20.3 Å². The van der Waals surface area contributed by atoms with E-state index in [1.807, 2.05) is 48.5 Å². The van der Waals surface area contributed by atoms with Crippen molar-refractivity contribution >= 4 is 12.0 Å². The summed E-state index contributed by atoms with van der Waals surface area (Å²) in [6, 6.07) is 15.0. The van der Waals surface area contributed by atoms with Crippen molar-refractivity contribution < 1.29 is 19.0 Å². The van der Waals surface area contributed by atoms with E-state index in [9.17, 15) is 4.79 Å². The summed E-state index contributed by atoms with van der Waals surface area (Å²) >= 11 is 0. The van der Waals surface area contributed by atoms with E-state index in [1.165, 1.54) is 6.08 Å². The van der Waals surface area contributed by atoms with E-state index in [1.54, 1.807) is 13.2 Å². The third-order valence-corrected chi connectivity index (χ3v) is 3.62. The minimum absolute atomic E-state index is 0.191. The van der Waals surface area contributed by atoms with E-state index in [0.717, 1.165) is 17.1 Å². The monoisotopic (exact) mass is 325 g/mol. The Labute approximate surface area is 140 Å². The molecule has 0 fully saturated rings. The molecule has 5 heteroatoms. The Balaban J connectivity index is 1.52. The van der Waals surface area contributed by atoms with Crippen LogP contribution in [0.3, 0.4) is 0 Å². The van der Waals surface area contributed by atoms with Crippen LogP contribution in [0.5, 0.6) is 17.2 Å². The minimum atomic E-state index is -0.205. The lowest BCUT2D eigenvalue weighted by Crippen LogP contribution is -2.40. The first-order valence-corrected chi connectivity index (χ1v) is 7.73. The van der Waals surface area contributed by atoms with Crippen LogP contribution >= 0.6 is 0 Å². The highest BCUT2D eigenvalue weighted by Gasteiger charge is 2.20. The van der Waals surface area contributed by atoms with Gasteiger partial charge >= 0.3 is 0 Å². The lowest BCUT2D eigenvalue weighted by atomic mass is 10.2. The van der Waals surface area contributed by atoms with Crippen LogP contribution in [-0.2, 0) is 4.79 Å². The summed E-state index contributed by atoms with van der Waals surface area (Å²) in [4.78, 5) is 12.0. The van der Waals surface area contributed by atoms with Gasteiger partial charge in [0.1, 0.15) is 18.5 Å². The average Bonchev–Trinajstić information content (AvgIpc) is 2.64. The van der Waals surface area contributed by atoms with Gasteiger partial charge in [-0.3, -0.25) is 4.79 Å². The molecule has 1 N–H and O–H groups in total. The molecule has 1 amide bonds. The standard InChI is InChI=1S/C19H19NO4/c1-22-16-7-3-2-6-14(16)10-11-19(21)20-12-15-13-23-17-8-4-5-9-18(17)24-15/h2-11,15H,12-13H2,1H3,(H,20,21)/b11-10+. The summed E-state index contributed by atoms with van der Waals surface area (Å²) in [6.45, 7) is 0.789. The predicted molar refractivity (Wildman–Crippen MR) is 91.4 cm³/mol. The van der Waals surface area contributed by atoms with Crippen LogP contribution in [-0.4, -0.2) is 32.3 Å². The van der Waals surface area contributed by atoms with Crippen LogP contribution in [0.1, 0.15) is 5.56 Å². The van der Waals surface area contributed by atoms with E-state index >= 15 is 0 Å². The number of nitrogens with one attached hydrogen (secondary N) is 1. The molecule has 0 bridgehead atoms. The molecule has 0 aliphatic carbocycles. The molecular formula is C19H19NO4. The number of hydrogen-bond donors (Lipinski definition) is 1. The second-order valence-electron chi connectivity index (χ2n) is 5.32. The molecule has 5 nitrogen and oxygen atoms in total. The maximum absolute atomic E-state index is 12.0. The number of fused-ring (bicyclic) bond motifs is 1. The third kappa shape index (κ3) is 3.87. The topological polar surface area (TPSA) is 56.8 Å². The fourth-order valence-electron chi connectivity index (χ4n) is 2.41. The number of carbonyl (C=O) groups is 1. The normalized spacial score (nSPS) is 16.0. The van der Waals surface area contributed by atoms with Gasteiger partial charge in [-0.1, -0.05) is 30.3 Å². The average molecular weight is 325 g/mol. The van der Waals surface area contributed by atoms with Crippen molar-refractivity contribution in [3.8, 4) is 17.2 Å². The number of methoxy groups -OCH3 is 1. The van der Waals surface area contributed by atoms with Crippen molar-refractivity contribution in [1.82, 2.24) is 5.32 Å². The van der Waals surface area contributed by atoms with E-state index in [-0.39, 0.29) is 12.0 Å². The van der Waals surface area contributed by atoms with E-state index < -0.39 is 0 Å². The molecular weight excluding hydrogens is 306 g/mol. The smallest absolute Gasteiger partial charge is 0.244 e. The van der Waals surface area contributed by atoms with E-state index in [4.69, 9.17) is 14.2 Å². The first-order valence-electron chi connectivity index (χ1n) is 7.73. The zero-order valence-corrected chi connectivity index (χ0v) is 13.4. The summed E-state index contributed by atoms with van der Waals surface area (Å²) in [5.41, 5.74) is 0.848. The summed E-state index contributed by atoms with van der Waals surface area (Å²) < 4.78 is 16.7. The van der Waals surface area contributed by atoms with Crippen LogP contribution in [0.4, 0.5) is 0 Å². The highest BCUT2D eigenvalue weighted by molar-refractivity contribution is 5.92. The van der Waals surface area contributed by atoms with Crippen LogP contribution in [0.25, 0.3) is 6.08 Å². The van der Waals surface area contributed by atoms with Crippen molar-refractivity contribution in [2.24, 2.45) is 0 Å². The Morgan fingerprint density at radius 2 is 1.96 bits per heavy atom. The van der Waals surface area contributed by atoms with Gasteiger partial charge in [0.25, 0.3) is 0 Å². The number of amides is 1. The quantitative estimate of drug-likeness (QED) is 0.859. The molecule has 2 aromatic carbocycles. The maximum Gasteiger partial charge on any atom is 0.244 e. The third-order valence-electron chi connectivity index (χ3n) is 3.62. The molecule has 0 saturated carbocycles. The van der Waals surface area contributed by atoms with Gasteiger partial charge in [0.15, 0.2) is 11.5 Å². The number of benzene rings is 2. The highest BCUT2D eigenvalue weighted by atomic mass is 16.6. The van der Waals surface area contributed by atoms with E-state index in [2.05, 4.69) is 5.32 Å². The summed E-state index contributed by atoms with van der Waals surface area (Å²) in [6.07, 6.45) is 3.00. The van der Waals surface area contributed by atoms with Crippen LogP contribution in [0.15, 0.2) is 54.6 Å². The summed E-state index contributed by atoms with van der Waals surface area (Å²) in [5, 5.41) is 2.82. The Morgan fingerprint density at radius 1 is 1.21 bits per heavy atom. The molecule has 0 spiro atoms. The zero-order chi connectivity index (χ0) is 16.8. The molecule has 2 aromatic rings. The van der Waals surface area contributed by atoms with Gasteiger partial charge in [-0.25, -0.2) is 0 Å². The molecule has 1 heterocycles. The van der Waals surface area contributed by atoms with Crippen molar-refractivity contribution in [3.63, 3.8) is 0 Å². The molecule has 0 aromatic heterocycles. The molecule has 0 saturated heterocycles. The van der Waals surface area contributed by atoms with E-state index in [0.29, 0.717) is 18.9 Å². The summed E-state index contributed by atoms with van der Waals surface area (Å²) in [5.74, 6) is 1.97. The molecule has 1 atom stereocenters. The summed E-state index contributed by atoms with van der Waals surface area (Å²) in [7, 11) is 1.60. The molecule has 1 aliphatic rings. The van der Waals surface area contributed by atoms with Gasteiger partial charge < -0.3 is 19.5 Å². The largest absolute Gasteiger partial charge is 0.496 e. The maximum atomic E-state index is 12.0. The molecule has 124 valence electrons. The second-order valence-corrected chi connectivity index (χ2v) is 5.32. The van der Waals surface area contributed by atoms with Crippen LogP contribution < -0.4 is 19.5 Å². The molecule has 0 radical (unpaired) electrons. The van der Waals surface area contributed by atoms with Crippen molar-refractivity contribution in [3.05, 3.63) is 60.2 Å². The van der Waals surface area contributed by atoms with Gasteiger partial charge in [-0.15, -0.1) is 0 Å². The number of hydrogen-bond acceptors (Lipinski definition) is 4. The fraction of sp³-hybridized carbons (Fsp3) is 0.211. The van der Waals surface area contributed by atoms with Crippen LogP contribution in [0, 0.1) is 0 Å². The SMILES string of the molecule is COc1ccccc1/C=C/C(=O)NCC1COc2ccccc2O1. The van der Waals surface area contributed by atoms with Crippen molar-refractivity contribution in [2.45, 2.75) is 6.10 Å². The Hall–Kier alpha value is -2.95. The highest BCUT2D eigenvalue weighted by Crippen LogP contribution is 2.30. The predicted octanol–water partition coefficient (Wildman–Crippen LogP) is 2.66. The molecule has 3 rings (SSSR count). The van der Waals surface area contributed by atoms with Gasteiger partial charge in [-0.2, -0.15) is 0 Å². The van der Waals surface area contributed by atoms with Gasteiger partial charge in [0.05, 0.1) is 13.7 Å². The molecule has 1 aliphatic heterocycles. The zero-order valence-electron chi connectivity index (χ0n) is 13.4.